The van der Waals surface area contributed by atoms with Crippen LogP contribution in [0.1, 0.15) is 67.0 Å². The van der Waals surface area contributed by atoms with E-state index in [-0.39, 0.29) is 29.9 Å². The van der Waals surface area contributed by atoms with Gasteiger partial charge in [-0.05, 0) is 76.1 Å². The number of nitrogens with two attached hydrogens (primary N) is 1. The second kappa shape index (κ2) is 11.2. The van der Waals surface area contributed by atoms with E-state index in [4.69, 9.17) is 39.2 Å². The Labute approximate surface area is 268 Å². The Morgan fingerprint density at radius 1 is 1.17 bits per heavy atom. The van der Waals surface area contributed by atoms with Crippen molar-refractivity contribution in [2.45, 2.75) is 87.2 Å². The standard InChI is InChI=1S/C34H41N7O5/c1-19(30-24(42-3)10-13-41(30)2)44-26-14-27(45-25-16-37-34(25)17-43-18-34)39-32(38-26)29-21-7-5-12-33(31(21)46-40-29)11-4-6-20-8-9-23(36)22(15-35)28(20)33/h8-9,14,19,24-25,30,37H,4-7,10-13,16-18,36H2,1-3H3. The fraction of sp³-hybridized carbons (Fsp3) is 0.588. The van der Waals surface area contributed by atoms with E-state index in [1.165, 1.54) is 0 Å². The Morgan fingerprint density at radius 2 is 1.98 bits per heavy atom. The molecule has 0 bridgehead atoms. The molecule has 3 N–H and O–H groups in total. The number of ether oxygens (including phenoxy) is 4. The van der Waals surface area contributed by atoms with Crippen LogP contribution < -0.4 is 20.5 Å². The number of fused-ring (bicyclic) bond motifs is 4. The maximum absolute atomic E-state index is 10.2. The average molecular weight is 628 g/mol. The first-order valence-corrected chi connectivity index (χ1v) is 16.5. The van der Waals surface area contributed by atoms with Crippen molar-refractivity contribution in [2.75, 3.05) is 46.2 Å². The molecule has 0 amide bonds. The van der Waals surface area contributed by atoms with Gasteiger partial charge >= 0.3 is 0 Å². The Morgan fingerprint density at radius 3 is 2.70 bits per heavy atom. The molecule has 2 aromatic heterocycles. The number of benzene rings is 1. The van der Waals surface area contributed by atoms with Gasteiger partial charge in [0, 0.05) is 31.5 Å². The number of aryl methyl sites for hydroxylation is 1. The van der Waals surface area contributed by atoms with Crippen LogP contribution in [0.25, 0.3) is 11.5 Å². The third kappa shape index (κ3) is 4.51. The van der Waals surface area contributed by atoms with Gasteiger partial charge in [0.05, 0.1) is 42.4 Å². The first-order valence-electron chi connectivity index (χ1n) is 16.5. The highest BCUT2D eigenvalue weighted by Crippen LogP contribution is 2.53. The Balaban J connectivity index is 1.19. The second-order valence-electron chi connectivity index (χ2n) is 13.7. The Kier molecular flexibility index (Phi) is 7.21. The zero-order chi connectivity index (χ0) is 31.6. The largest absolute Gasteiger partial charge is 0.473 e. The van der Waals surface area contributed by atoms with E-state index in [2.05, 4.69) is 41.5 Å². The van der Waals surface area contributed by atoms with Gasteiger partial charge in [-0.15, -0.1) is 0 Å². The number of nitrogens with zero attached hydrogens (tertiary/aromatic N) is 5. The number of anilines is 1. The maximum Gasteiger partial charge on any atom is 0.221 e. The molecule has 1 aromatic carbocycles. The zero-order valence-corrected chi connectivity index (χ0v) is 26.7. The van der Waals surface area contributed by atoms with E-state index < -0.39 is 5.41 Å². The van der Waals surface area contributed by atoms with Crippen molar-refractivity contribution in [1.82, 2.24) is 25.3 Å². The van der Waals surface area contributed by atoms with E-state index in [0.717, 1.165) is 73.9 Å². The van der Waals surface area contributed by atoms with Gasteiger partial charge in [-0.2, -0.15) is 15.2 Å². The van der Waals surface area contributed by atoms with Gasteiger partial charge in [0.2, 0.25) is 11.8 Å². The first-order chi connectivity index (χ1) is 22.4. The summed E-state index contributed by atoms with van der Waals surface area (Å²) in [5.41, 5.74) is 10.5. The van der Waals surface area contributed by atoms with Crippen LogP contribution in [0.5, 0.6) is 11.8 Å². The maximum atomic E-state index is 10.2. The number of methoxy groups -OCH3 is 1. The predicted octanol–water partition coefficient (Wildman–Crippen LogP) is 3.15. The molecule has 46 heavy (non-hydrogen) atoms. The minimum absolute atomic E-state index is 0.0704. The topological polar surface area (TPSA) is 154 Å². The number of nitriles is 1. The van der Waals surface area contributed by atoms with Crippen molar-refractivity contribution in [3.8, 4) is 29.3 Å². The average Bonchev–Trinajstić information content (AvgIpc) is 3.63. The third-order valence-corrected chi connectivity index (χ3v) is 11.1. The number of likely N-dealkylation sites (N-methyl/N-ethyl adjacent to an activating group) is 1. The molecule has 12 heteroatoms. The quantitative estimate of drug-likeness (QED) is 0.370. The molecule has 12 nitrogen and oxygen atoms in total. The summed E-state index contributed by atoms with van der Waals surface area (Å²) < 4.78 is 30.6. The monoisotopic (exact) mass is 627 g/mol. The fourth-order valence-electron chi connectivity index (χ4n) is 8.62. The van der Waals surface area contributed by atoms with Gasteiger partial charge in [0.1, 0.15) is 23.8 Å². The van der Waals surface area contributed by atoms with E-state index in [9.17, 15) is 5.26 Å². The molecule has 3 aliphatic heterocycles. The molecule has 0 saturated carbocycles. The normalized spacial score (nSPS) is 28.5. The number of likely N-dealkylation sites (tertiary alicyclic amines) is 1. The van der Waals surface area contributed by atoms with E-state index in [1.54, 1.807) is 13.2 Å². The van der Waals surface area contributed by atoms with Gasteiger partial charge in [-0.3, -0.25) is 4.90 Å². The van der Waals surface area contributed by atoms with Crippen molar-refractivity contribution in [2.24, 2.45) is 0 Å². The van der Waals surface area contributed by atoms with Gasteiger partial charge in [0.25, 0.3) is 0 Å². The lowest BCUT2D eigenvalue weighted by atomic mass is 9.61. The lowest BCUT2D eigenvalue weighted by Gasteiger charge is -2.54. The third-order valence-electron chi connectivity index (χ3n) is 11.1. The molecule has 0 radical (unpaired) electrons. The SMILES string of the molecule is COC1CCN(C)C1C(C)Oc1cc(OC2CNC23COC3)nc(-c2noc3c2CCCC32CCCc3ccc(N)c(C#N)c32)n1. The van der Waals surface area contributed by atoms with Crippen LogP contribution >= 0.6 is 0 Å². The van der Waals surface area contributed by atoms with Crippen LogP contribution in [-0.4, -0.2) is 90.4 Å². The Hall–Kier alpha value is -3.76. The molecule has 242 valence electrons. The van der Waals surface area contributed by atoms with Crippen LogP contribution in [0.4, 0.5) is 5.69 Å². The molecule has 3 aromatic rings. The summed E-state index contributed by atoms with van der Waals surface area (Å²) in [5.74, 6) is 2.04. The van der Waals surface area contributed by atoms with Crippen LogP contribution in [0.3, 0.4) is 0 Å². The van der Waals surface area contributed by atoms with Crippen LogP contribution in [0.2, 0.25) is 0 Å². The minimum atomic E-state index is -0.467. The summed E-state index contributed by atoms with van der Waals surface area (Å²) in [7, 11) is 3.85. The molecular formula is C34H41N7O5. The number of nitrogens with one attached hydrogen (secondary N) is 1. The van der Waals surface area contributed by atoms with Crippen LogP contribution in [0.15, 0.2) is 22.7 Å². The zero-order valence-electron chi connectivity index (χ0n) is 26.7. The number of hydrogen-bond donors (Lipinski definition) is 2. The molecule has 3 saturated heterocycles. The highest BCUT2D eigenvalue weighted by molar-refractivity contribution is 5.67. The molecular weight excluding hydrogens is 586 g/mol. The minimum Gasteiger partial charge on any atom is -0.473 e. The van der Waals surface area contributed by atoms with Crippen LogP contribution in [-0.2, 0) is 27.7 Å². The van der Waals surface area contributed by atoms with Gasteiger partial charge in [-0.1, -0.05) is 11.2 Å². The van der Waals surface area contributed by atoms with Crippen molar-refractivity contribution in [1.29, 1.82) is 5.26 Å². The number of hydrogen-bond acceptors (Lipinski definition) is 12. The number of aromatic nitrogens is 3. The number of rotatable bonds is 7. The summed E-state index contributed by atoms with van der Waals surface area (Å²) in [6, 6.07) is 8.17. The lowest BCUT2D eigenvalue weighted by molar-refractivity contribution is -0.165. The molecule has 3 fully saturated rings. The van der Waals surface area contributed by atoms with Crippen molar-refractivity contribution in [3.63, 3.8) is 0 Å². The molecule has 2 spiro atoms. The van der Waals surface area contributed by atoms with Gasteiger partial charge in [0.15, 0.2) is 17.3 Å². The lowest BCUT2D eigenvalue weighted by Crippen LogP contribution is -2.79. The number of nitrogen functional groups attached to an aromatic ring is 1. The summed E-state index contributed by atoms with van der Waals surface area (Å²) in [6.45, 7) is 4.92. The molecule has 8 rings (SSSR count). The van der Waals surface area contributed by atoms with Crippen molar-refractivity contribution >= 4 is 5.69 Å². The smallest absolute Gasteiger partial charge is 0.221 e. The van der Waals surface area contributed by atoms with Crippen molar-refractivity contribution in [3.05, 3.63) is 46.2 Å². The van der Waals surface area contributed by atoms with Crippen molar-refractivity contribution < 1.29 is 23.5 Å². The molecule has 5 aliphatic rings. The van der Waals surface area contributed by atoms with E-state index in [1.807, 2.05) is 6.07 Å². The highest BCUT2D eigenvalue weighted by atomic mass is 16.5. The first kappa shape index (κ1) is 29.6. The summed E-state index contributed by atoms with van der Waals surface area (Å²) in [5, 5.41) is 18.3. The molecule has 5 unspecified atom stereocenters. The predicted molar refractivity (Wildman–Crippen MR) is 168 cm³/mol. The molecule has 5 heterocycles. The summed E-state index contributed by atoms with van der Waals surface area (Å²) >= 11 is 0. The summed E-state index contributed by atoms with van der Waals surface area (Å²) in [4.78, 5) is 12.1. The van der Waals surface area contributed by atoms with Crippen LogP contribution in [0, 0.1) is 11.3 Å². The second-order valence-corrected chi connectivity index (χ2v) is 13.7. The fourth-order valence-corrected chi connectivity index (χ4v) is 8.62. The van der Waals surface area contributed by atoms with Gasteiger partial charge < -0.3 is 34.5 Å². The molecule has 5 atom stereocenters. The highest BCUT2D eigenvalue weighted by Gasteiger charge is 2.54. The molecule has 2 aliphatic carbocycles. The van der Waals surface area contributed by atoms with Gasteiger partial charge in [-0.25, -0.2) is 0 Å². The Bertz CT molecular complexity index is 1690. The van der Waals surface area contributed by atoms with E-state index >= 15 is 0 Å². The van der Waals surface area contributed by atoms with E-state index in [0.29, 0.717) is 54.3 Å². The summed E-state index contributed by atoms with van der Waals surface area (Å²) in [6.07, 6.45) is 6.06.